The van der Waals surface area contributed by atoms with Crippen LogP contribution in [0, 0.1) is 5.92 Å². The number of likely N-dealkylation sites (N-methyl/N-ethyl adjacent to an activating group) is 1. The second kappa shape index (κ2) is 6.86. The van der Waals surface area contributed by atoms with Gasteiger partial charge in [0.2, 0.25) is 0 Å². The Labute approximate surface area is 98.6 Å². The first-order chi connectivity index (χ1) is 7.38. The molecule has 0 saturated carbocycles. The van der Waals surface area contributed by atoms with Gasteiger partial charge in [-0.3, -0.25) is 9.69 Å². The second-order valence-corrected chi connectivity index (χ2v) is 4.75. The molecule has 0 aliphatic carbocycles. The van der Waals surface area contributed by atoms with Crippen molar-refractivity contribution in [3.05, 3.63) is 0 Å². The molecular weight excluding hydrogens is 206 g/mol. The second-order valence-electron chi connectivity index (χ2n) is 4.75. The zero-order valence-corrected chi connectivity index (χ0v) is 11.1. The summed E-state index contributed by atoms with van der Waals surface area (Å²) in [4.78, 5) is 13.4. The lowest BCUT2D eigenvalue weighted by atomic mass is 9.94. The molecule has 1 atom stereocenters. The highest BCUT2D eigenvalue weighted by Gasteiger charge is 2.38. The van der Waals surface area contributed by atoms with Crippen LogP contribution < -0.4 is 0 Å². The van der Waals surface area contributed by atoms with Crippen molar-refractivity contribution in [3.8, 4) is 0 Å². The lowest BCUT2D eigenvalue weighted by Crippen LogP contribution is -2.54. The monoisotopic (exact) mass is 231 g/mol. The molecule has 1 unspecified atom stereocenters. The van der Waals surface area contributed by atoms with Crippen molar-refractivity contribution in [2.24, 2.45) is 5.92 Å². The molecule has 0 aromatic heterocycles. The fourth-order valence-corrected chi connectivity index (χ4v) is 1.82. The van der Waals surface area contributed by atoms with E-state index in [-0.39, 0.29) is 0 Å². The number of carboxylic acid groups (broad SMARTS) is 1. The van der Waals surface area contributed by atoms with Crippen LogP contribution in [0.4, 0.5) is 0 Å². The number of aliphatic carboxylic acids is 1. The van der Waals surface area contributed by atoms with Crippen molar-refractivity contribution in [3.63, 3.8) is 0 Å². The van der Waals surface area contributed by atoms with E-state index < -0.39 is 11.5 Å². The molecule has 0 saturated heterocycles. The van der Waals surface area contributed by atoms with Gasteiger partial charge in [-0.25, -0.2) is 0 Å². The minimum Gasteiger partial charge on any atom is -0.480 e. The molecule has 0 aliphatic heterocycles. The van der Waals surface area contributed by atoms with E-state index in [1.54, 1.807) is 14.0 Å². The maximum absolute atomic E-state index is 11.4. The molecule has 0 aliphatic rings. The smallest absolute Gasteiger partial charge is 0.323 e. The van der Waals surface area contributed by atoms with Crippen molar-refractivity contribution >= 4 is 5.97 Å². The van der Waals surface area contributed by atoms with E-state index in [1.807, 2.05) is 11.8 Å². The first kappa shape index (κ1) is 15.4. The lowest BCUT2D eigenvalue weighted by molar-refractivity contribution is -0.152. The molecule has 0 heterocycles. The van der Waals surface area contributed by atoms with E-state index in [0.717, 1.165) is 13.1 Å². The quantitative estimate of drug-likeness (QED) is 0.692. The predicted molar refractivity (Wildman–Crippen MR) is 64.6 cm³/mol. The molecule has 0 radical (unpaired) electrons. The number of nitrogens with zero attached hydrogens (tertiary/aromatic N) is 1. The van der Waals surface area contributed by atoms with Crippen LogP contribution in [-0.2, 0) is 9.53 Å². The van der Waals surface area contributed by atoms with Crippen LogP contribution in [0.5, 0.6) is 0 Å². The van der Waals surface area contributed by atoms with Crippen LogP contribution in [0.25, 0.3) is 0 Å². The van der Waals surface area contributed by atoms with Gasteiger partial charge in [0, 0.05) is 20.3 Å². The highest BCUT2D eigenvalue weighted by Crippen LogP contribution is 2.21. The van der Waals surface area contributed by atoms with Gasteiger partial charge in [-0.15, -0.1) is 0 Å². The van der Waals surface area contributed by atoms with Gasteiger partial charge in [0.1, 0.15) is 5.54 Å². The third kappa shape index (κ3) is 4.10. The number of carboxylic acids is 1. The highest BCUT2D eigenvalue weighted by molar-refractivity contribution is 5.78. The van der Waals surface area contributed by atoms with Crippen molar-refractivity contribution in [2.45, 2.75) is 39.7 Å². The molecule has 96 valence electrons. The minimum atomic E-state index is -0.824. The topological polar surface area (TPSA) is 49.8 Å². The number of methoxy groups -OCH3 is 1. The van der Waals surface area contributed by atoms with Crippen molar-refractivity contribution < 1.29 is 14.6 Å². The number of carbonyl (C=O) groups is 1. The number of hydrogen-bond acceptors (Lipinski definition) is 3. The predicted octanol–water partition coefficient (Wildman–Crippen LogP) is 1.84. The molecule has 0 amide bonds. The van der Waals surface area contributed by atoms with E-state index in [1.165, 1.54) is 0 Å². The van der Waals surface area contributed by atoms with Gasteiger partial charge in [0.05, 0.1) is 0 Å². The molecular formula is C12H25NO3. The minimum absolute atomic E-state index is 0.459. The summed E-state index contributed by atoms with van der Waals surface area (Å²) in [6, 6.07) is 0. The van der Waals surface area contributed by atoms with E-state index in [2.05, 4.69) is 13.8 Å². The van der Waals surface area contributed by atoms with Gasteiger partial charge in [-0.05, 0) is 25.8 Å². The maximum Gasteiger partial charge on any atom is 0.323 e. The Morgan fingerprint density at radius 2 is 2.06 bits per heavy atom. The maximum atomic E-state index is 11.4. The third-order valence-corrected chi connectivity index (χ3v) is 2.92. The third-order valence-electron chi connectivity index (χ3n) is 2.92. The summed E-state index contributed by atoms with van der Waals surface area (Å²) >= 11 is 0. The molecule has 0 aromatic carbocycles. The first-order valence-electron chi connectivity index (χ1n) is 5.85. The van der Waals surface area contributed by atoms with Gasteiger partial charge in [0.25, 0.3) is 0 Å². The number of ether oxygens (including phenoxy) is 1. The van der Waals surface area contributed by atoms with Gasteiger partial charge in [-0.2, -0.15) is 0 Å². The SMILES string of the molecule is CCN(CC(C)C)C(C)(CCOC)C(=O)O. The lowest BCUT2D eigenvalue weighted by Gasteiger charge is -2.38. The Hall–Kier alpha value is -0.610. The van der Waals surface area contributed by atoms with Crippen LogP contribution in [-0.4, -0.2) is 48.3 Å². The molecule has 0 fully saturated rings. The Kier molecular flexibility index (Phi) is 6.60. The first-order valence-corrected chi connectivity index (χ1v) is 5.85. The zero-order chi connectivity index (χ0) is 12.8. The van der Waals surface area contributed by atoms with Crippen LogP contribution in [0.15, 0.2) is 0 Å². The van der Waals surface area contributed by atoms with Gasteiger partial charge < -0.3 is 9.84 Å². The average Bonchev–Trinajstić information content (AvgIpc) is 2.21. The Bertz CT molecular complexity index is 218. The number of hydrogen-bond donors (Lipinski definition) is 1. The van der Waals surface area contributed by atoms with Crippen LogP contribution >= 0.6 is 0 Å². The summed E-state index contributed by atoms with van der Waals surface area (Å²) < 4.78 is 5.00. The fraction of sp³-hybridized carbons (Fsp3) is 0.917. The summed E-state index contributed by atoms with van der Waals surface area (Å²) in [5.74, 6) is -0.312. The van der Waals surface area contributed by atoms with Crippen molar-refractivity contribution in [1.82, 2.24) is 4.90 Å². The largest absolute Gasteiger partial charge is 0.480 e. The molecule has 4 heteroatoms. The zero-order valence-electron chi connectivity index (χ0n) is 11.1. The van der Waals surface area contributed by atoms with E-state index in [9.17, 15) is 9.90 Å². The number of rotatable bonds is 8. The highest BCUT2D eigenvalue weighted by atomic mass is 16.5. The Balaban J connectivity index is 4.75. The normalized spacial score (nSPS) is 15.4. The molecule has 16 heavy (non-hydrogen) atoms. The fourth-order valence-electron chi connectivity index (χ4n) is 1.82. The molecule has 0 rings (SSSR count). The van der Waals surface area contributed by atoms with Gasteiger partial charge in [-0.1, -0.05) is 20.8 Å². The average molecular weight is 231 g/mol. The molecule has 1 N–H and O–H groups in total. The summed E-state index contributed by atoms with van der Waals surface area (Å²) in [5, 5.41) is 9.38. The Morgan fingerprint density at radius 1 is 1.50 bits per heavy atom. The van der Waals surface area contributed by atoms with E-state index in [4.69, 9.17) is 4.74 Å². The van der Waals surface area contributed by atoms with Gasteiger partial charge in [0.15, 0.2) is 0 Å². The molecule has 0 aromatic rings. The standard InChI is InChI=1S/C12H25NO3/c1-6-13(9-10(2)3)12(4,11(14)15)7-8-16-5/h10H,6-9H2,1-5H3,(H,14,15). The molecule has 0 spiro atoms. The molecule has 4 nitrogen and oxygen atoms in total. The van der Waals surface area contributed by atoms with Crippen molar-refractivity contribution in [1.29, 1.82) is 0 Å². The summed E-state index contributed by atoms with van der Waals surface area (Å²) in [5.41, 5.74) is -0.824. The van der Waals surface area contributed by atoms with Crippen LogP contribution in [0.3, 0.4) is 0 Å². The van der Waals surface area contributed by atoms with Crippen LogP contribution in [0.1, 0.15) is 34.1 Å². The summed E-state index contributed by atoms with van der Waals surface area (Å²) in [6.45, 7) is 9.98. The van der Waals surface area contributed by atoms with Crippen molar-refractivity contribution in [2.75, 3.05) is 26.8 Å². The van der Waals surface area contributed by atoms with Crippen LogP contribution in [0.2, 0.25) is 0 Å². The summed E-state index contributed by atoms with van der Waals surface area (Å²) in [6.07, 6.45) is 0.513. The van der Waals surface area contributed by atoms with E-state index in [0.29, 0.717) is 18.9 Å². The van der Waals surface area contributed by atoms with E-state index >= 15 is 0 Å². The summed E-state index contributed by atoms with van der Waals surface area (Å²) in [7, 11) is 1.60. The Morgan fingerprint density at radius 3 is 2.38 bits per heavy atom. The van der Waals surface area contributed by atoms with Gasteiger partial charge >= 0.3 is 5.97 Å². The molecule has 0 bridgehead atoms.